The molecule has 1 amide bonds. The van der Waals surface area contributed by atoms with Gasteiger partial charge >= 0.3 is 0 Å². The van der Waals surface area contributed by atoms with E-state index in [-0.39, 0.29) is 5.91 Å². The van der Waals surface area contributed by atoms with E-state index < -0.39 is 0 Å². The van der Waals surface area contributed by atoms with Gasteiger partial charge in [-0.3, -0.25) is 4.79 Å². The number of halogens is 1. The van der Waals surface area contributed by atoms with Gasteiger partial charge in [0.2, 0.25) is 11.7 Å². The highest BCUT2D eigenvalue weighted by atomic mass is 35.5. The van der Waals surface area contributed by atoms with Crippen LogP contribution in [0.2, 0.25) is 5.02 Å². The minimum Gasteiger partial charge on any atom is -0.495 e. The molecule has 0 saturated heterocycles. The number of hydrogen-bond donors (Lipinski definition) is 1. The lowest BCUT2D eigenvalue weighted by atomic mass is 10.1. The maximum absolute atomic E-state index is 12.4. The van der Waals surface area contributed by atoms with Crippen molar-refractivity contribution >= 4 is 23.2 Å². The summed E-state index contributed by atoms with van der Waals surface area (Å²) in [4.78, 5) is 16.7. The Hall–Kier alpha value is -2.86. The van der Waals surface area contributed by atoms with Gasteiger partial charge in [0.05, 0.1) is 12.8 Å². The van der Waals surface area contributed by atoms with E-state index >= 15 is 0 Å². The van der Waals surface area contributed by atoms with Crippen LogP contribution in [0.4, 0.5) is 5.69 Å². The molecule has 0 aliphatic heterocycles. The van der Waals surface area contributed by atoms with E-state index in [4.69, 9.17) is 20.9 Å². The van der Waals surface area contributed by atoms with E-state index in [2.05, 4.69) is 15.5 Å². The lowest BCUT2D eigenvalue weighted by molar-refractivity contribution is 0.102. The number of carbonyl (C=O) groups is 1. The van der Waals surface area contributed by atoms with Gasteiger partial charge in [0.1, 0.15) is 5.75 Å². The first-order valence-corrected chi connectivity index (χ1v) is 8.06. The molecule has 0 fully saturated rings. The molecular weight excluding hydrogens is 342 g/mol. The van der Waals surface area contributed by atoms with Gasteiger partial charge in [-0.15, -0.1) is 0 Å². The highest BCUT2D eigenvalue weighted by Gasteiger charge is 2.12. The Kier molecular flexibility index (Phi) is 5.00. The second-order valence-corrected chi connectivity index (χ2v) is 5.68. The Morgan fingerprint density at radius 3 is 2.64 bits per heavy atom. The van der Waals surface area contributed by atoms with Gasteiger partial charge in [-0.25, -0.2) is 0 Å². The lowest BCUT2D eigenvalue weighted by Crippen LogP contribution is -2.12. The first-order chi connectivity index (χ1) is 12.1. The smallest absolute Gasteiger partial charge is 0.255 e. The molecule has 6 nitrogen and oxygen atoms in total. The number of anilines is 1. The van der Waals surface area contributed by atoms with Crippen LogP contribution in [-0.2, 0) is 6.42 Å². The van der Waals surface area contributed by atoms with E-state index in [9.17, 15) is 4.79 Å². The standard InChI is InChI=1S/C18H16ClN3O3/c1-3-16-21-17(22-25-16)11-4-6-12(7-5-11)18(23)20-14-10-13(19)8-9-15(14)24-2/h4-10H,3H2,1-2H3,(H,20,23). The highest BCUT2D eigenvalue weighted by molar-refractivity contribution is 6.31. The number of methoxy groups -OCH3 is 1. The third kappa shape index (κ3) is 3.80. The molecule has 0 atom stereocenters. The summed E-state index contributed by atoms with van der Waals surface area (Å²) in [6, 6.07) is 12.0. The number of aromatic nitrogens is 2. The van der Waals surface area contributed by atoms with Crippen LogP contribution in [0.25, 0.3) is 11.4 Å². The molecule has 3 aromatic rings. The van der Waals surface area contributed by atoms with Gasteiger partial charge in [-0.05, 0) is 30.3 Å². The molecule has 1 N–H and O–H groups in total. The van der Waals surface area contributed by atoms with Crippen molar-refractivity contribution in [2.24, 2.45) is 0 Å². The third-order valence-corrected chi connectivity index (χ3v) is 3.82. The quantitative estimate of drug-likeness (QED) is 0.740. The van der Waals surface area contributed by atoms with Gasteiger partial charge in [-0.1, -0.05) is 35.8 Å². The molecule has 2 aromatic carbocycles. The van der Waals surface area contributed by atoms with Crippen molar-refractivity contribution in [1.82, 2.24) is 10.1 Å². The first kappa shape index (κ1) is 17.0. The molecule has 0 radical (unpaired) electrons. The average molecular weight is 358 g/mol. The van der Waals surface area contributed by atoms with E-state index in [1.54, 1.807) is 42.5 Å². The van der Waals surface area contributed by atoms with Gasteiger partial charge in [0.25, 0.3) is 5.91 Å². The molecule has 0 unspecified atom stereocenters. The molecular formula is C18H16ClN3O3. The summed E-state index contributed by atoms with van der Waals surface area (Å²) in [6.45, 7) is 1.94. The van der Waals surface area contributed by atoms with Crippen LogP contribution in [0.15, 0.2) is 47.0 Å². The molecule has 0 aliphatic rings. The fraction of sp³-hybridized carbons (Fsp3) is 0.167. The van der Waals surface area contributed by atoms with Gasteiger partial charge in [-0.2, -0.15) is 4.98 Å². The molecule has 25 heavy (non-hydrogen) atoms. The zero-order valence-corrected chi connectivity index (χ0v) is 14.5. The number of hydrogen-bond acceptors (Lipinski definition) is 5. The predicted octanol–water partition coefficient (Wildman–Crippen LogP) is 4.21. The summed E-state index contributed by atoms with van der Waals surface area (Å²) in [5.74, 6) is 1.34. The fourth-order valence-electron chi connectivity index (χ4n) is 2.26. The molecule has 0 spiro atoms. The molecule has 3 rings (SSSR count). The topological polar surface area (TPSA) is 77.2 Å². The largest absolute Gasteiger partial charge is 0.495 e. The van der Waals surface area contributed by atoms with Crippen LogP contribution in [0.1, 0.15) is 23.2 Å². The highest BCUT2D eigenvalue weighted by Crippen LogP contribution is 2.28. The van der Waals surface area contributed by atoms with Crippen molar-refractivity contribution in [1.29, 1.82) is 0 Å². The van der Waals surface area contributed by atoms with Gasteiger partial charge in [0.15, 0.2) is 0 Å². The maximum atomic E-state index is 12.4. The number of nitrogens with one attached hydrogen (secondary N) is 1. The van der Waals surface area contributed by atoms with E-state index in [1.165, 1.54) is 7.11 Å². The summed E-state index contributed by atoms with van der Waals surface area (Å²) in [5, 5.41) is 7.22. The van der Waals surface area contributed by atoms with Crippen LogP contribution in [0.5, 0.6) is 5.75 Å². The second kappa shape index (κ2) is 7.36. The summed E-state index contributed by atoms with van der Waals surface area (Å²) < 4.78 is 10.3. The normalized spacial score (nSPS) is 10.5. The van der Waals surface area contributed by atoms with Crippen molar-refractivity contribution in [3.63, 3.8) is 0 Å². The molecule has 0 saturated carbocycles. The number of nitrogens with zero attached hydrogens (tertiary/aromatic N) is 2. The van der Waals surface area contributed by atoms with Crippen molar-refractivity contribution in [2.75, 3.05) is 12.4 Å². The third-order valence-electron chi connectivity index (χ3n) is 3.59. The Morgan fingerprint density at radius 2 is 2.00 bits per heavy atom. The van der Waals surface area contributed by atoms with Crippen molar-refractivity contribution in [2.45, 2.75) is 13.3 Å². The number of aryl methyl sites for hydroxylation is 1. The number of amides is 1. The van der Waals surface area contributed by atoms with E-state index in [0.29, 0.717) is 40.2 Å². The molecule has 0 bridgehead atoms. The number of benzene rings is 2. The van der Waals surface area contributed by atoms with Crippen LogP contribution >= 0.6 is 11.6 Å². The minimum atomic E-state index is -0.269. The monoisotopic (exact) mass is 357 g/mol. The second-order valence-electron chi connectivity index (χ2n) is 5.24. The van der Waals surface area contributed by atoms with Crippen LogP contribution in [0.3, 0.4) is 0 Å². The Bertz CT molecular complexity index is 891. The zero-order valence-electron chi connectivity index (χ0n) is 13.7. The van der Waals surface area contributed by atoms with E-state index in [1.807, 2.05) is 6.92 Å². The number of carbonyl (C=O) groups excluding carboxylic acids is 1. The first-order valence-electron chi connectivity index (χ1n) is 7.68. The Morgan fingerprint density at radius 1 is 1.24 bits per heavy atom. The summed E-state index contributed by atoms with van der Waals surface area (Å²) in [5.41, 5.74) is 1.78. The fourth-order valence-corrected chi connectivity index (χ4v) is 2.43. The van der Waals surface area contributed by atoms with Crippen LogP contribution in [0, 0.1) is 0 Å². The van der Waals surface area contributed by atoms with Crippen molar-refractivity contribution in [3.8, 4) is 17.1 Å². The number of ether oxygens (including phenoxy) is 1. The van der Waals surface area contributed by atoms with Crippen molar-refractivity contribution in [3.05, 3.63) is 58.9 Å². The summed E-state index contributed by atoms with van der Waals surface area (Å²) >= 11 is 5.98. The molecule has 0 aliphatic carbocycles. The maximum Gasteiger partial charge on any atom is 0.255 e. The minimum absolute atomic E-state index is 0.269. The predicted molar refractivity (Wildman–Crippen MR) is 95.1 cm³/mol. The zero-order chi connectivity index (χ0) is 17.8. The van der Waals surface area contributed by atoms with Crippen LogP contribution in [-0.4, -0.2) is 23.2 Å². The Labute approximate surface area is 149 Å². The molecule has 7 heteroatoms. The Balaban J connectivity index is 1.78. The van der Waals surface area contributed by atoms with Crippen molar-refractivity contribution < 1.29 is 14.1 Å². The number of rotatable bonds is 5. The SMILES string of the molecule is CCc1nc(-c2ccc(C(=O)Nc3cc(Cl)ccc3OC)cc2)no1. The van der Waals surface area contributed by atoms with Gasteiger partial charge < -0.3 is 14.6 Å². The summed E-state index contributed by atoms with van der Waals surface area (Å²) in [7, 11) is 1.53. The summed E-state index contributed by atoms with van der Waals surface area (Å²) in [6.07, 6.45) is 0.676. The average Bonchev–Trinajstić information content (AvgIpc) is 3.11. The van der Waals surface area contributed by atoms with E-state index in [0.717, 1.165) is 5.56 Å². The molecule has 1 heterocycles. The van der Waals surface area contributed by atoms with Gasteiger partial charge in [0, 0.05) is 22.6 Å². The molecule has 128 valence electrons. The molecule has 1 aromatic heterocycles. The lowest BCUT2D eigenvalue weighted by Gasteiger charge is -2.10. The van der Waals surface area contributed by atoms with Crippen LogP contribution < -0.4 is 10.1 Å².